The molecule has 136 valence electrons. The van der Waals surface area contributed by atoms with Gasteiger partial charge in [-0.2, -0.15) is 0 Å². The molecule has 0 unspecified atom stereocenters. The van der Waals surface area contributed by atoms with Crippen molar-refractivity contribution in [3.05, 3.63) is 77.6 Å². The number of amides is 2. The third-order valence-corrected chi connectivity index (χ3v) is 4.93. The smallest absolute Gasteiger partial charge is 0.253 e. The number of carbonyl (C=O) groups excluding carboxylic acids is 2. The van der Waals surface area contributed by atoms with Crippen molar-refractivity contribution in [2.75, 3.05) is 6.54 Å². The van der Waals surface area contributed by atoms with E-state index >= 15 is 0 Å². The van der Waals surface area contributed by atoms with Crippen LogP contribution in [0, 0.1) is 6.92 Å². The Morgan fingerprint density at radius 1 is 1.19 bits per heavy atom. The number of nitrogens with zero attached hydrogens (tertiary/aromatic N) is 2. The van der Waals surface area contributed by atoms with Gasteiger partial charge in [0.1, 0.15) is 0 Å². The van der Waals surface area contributed by atoms with Crippen molar-refractivity contribution in [1.29, 1.82) is 0 Å². The van der Waals surface area contributed by atoms with Gasteiger partial charge in [0.15, 0.2) is 0 Å². The van der Waals surface area contributed by atoms with Crippen LogP contribution in [-0.4, -0.2) is 34.3 Å². The van der Waals surface area contributed by atoms with E-state index in [2.05, 4.69) is 34.6 Å². The van der Waals surface area contributed by atoms with Gasteiger partial charge in [0.25, 0.3) is 5.91 Å². The van der Waals surface area contributed by atoms with Crippen LogP contribution in [0.5, 0.6) is 0 Å². The van der Waals surface area contributed by atoms with Gasteiger partial charge in [-0.15, -0.1) is 0 Å². The lowest BCUT2D eigenvalue weighted by Crippen LogP contribution is -2.37. The van der Waals surface area contributed by atoms with E-state index in [1.165, 1.54) is 5.39 Å². The van der Waals surface area contributed by atoms with Crippen LogP contribution in [0.3, 0.4) is 0 Å². The third-order valence-electron chi connectivity index (χ3n) is 4.93. The molecule has 1 saturated heterocycles. The fourth-order valence-corrected chi connectivity index (χ4v) is 3.61. The summed E-state index contributed by atoms with van der Waals surface area (Å²) in [5, 5.41) is 5.29. The maximum atomic E-state index is 12.5. The molecule has 1 aliphatic rings. The van der Waals surface area contributed by atoms with Crippen LogP contribution in [0.15, 0.2) is 60.9 Å². The van der Waals surface area contributed by atoms with E-state index in [-0.39, 0.29) is 17.9 Å². The first kappa shape index (κ1) is 17.2. The van der Waals surface area contributed by atoms with Crippen LogP contribution in [-0.2, 0) is 11.3 Å². The standard InChI is InChI=1S/C22H21N3O2/c1-15-9-18(12-23-11-15)22(27)24-19-10-21(26)25(14-19)13-17-7-4-6-16-5-2-3-8-20(16)17/h2-9,11-12,19H,10,13-14H2,1H3,(H,24,27)/t19-/m0/s1. The molecule has 0 saturated carbocycles. The zero-order valence-electron chi connectivity index (χ0n) is 15.2. The Bertz CT molecular complexity index is 1010. The summed E-state index contributed by atoms with van der Waals surface area (Å²) < 4.78 is 0. The summed E-state index contributed by atoms with van der Waals surface area (Å²) in [4.78, 5) is 30.8. The molecule has 1 aromatic heterocycles. The van der Waals surface area contributed by atoms with E-state index < -0.39 is 0 Å². The van der Waals surface area contributed by atoms with E-state index in [0.717, 1.165) is 16.5 Å². The molecule has 0 radical (unpaired) electrons. The second kappa shape index (κ2) is 7.19. The Labute approximate surface area is 158 Å². The van der Waals surface area contributed by atoms with Crippen LogP contribution in [0.25, 0.3) is 10.8 Å². The number of aromatic nitrogens is 1. The highest BCUT2D eigenvalue weighted by Gasteiger charge is 2.31. The molecule has 4 rings (SSSR count). The molecule has 1 N–H and O–H groups in total. The molecular formula is C22H21N3O2. The number of hydrogen-bond acceptors (Lipinski definition) is 3. The number of rotatable bonds is 4. The Morgan fingerprint density at radius 2 is 2.00 bits per heavy atom. The highest BCUT2D eigenvalue weighted by atomic mass is 16.2. The number of pyridine rings is 1. The van der Waals surface area contributed by atoms with Crippen molar-refractivity contribution in [1.82, 2.24) is 15.2 Å². The van der Waals surface area contributed by atoms with Crippen LogP contribution in [0.4, 0.5) is 0 Å². The number of fused-ring (bicyclic) bond motifs is 1. The first-order valence-corrected chi connectivity index (χ1v) is 9.07. The maximum absolute atomic E-state index is 12.5. The minimum absolute atomic E-state index is 0.0654. The number of aryl methyl sites for hydroxylation is 1. The molecule has 0 aliphatic carbocycles. The normalized spacial score (nSPS) is 16.7. The summed E-state index contributed by atoms with van der Waals surface area (Å²) >= 11 is 0. The van der Waals surface area contributed by atoms with Crippen LogP contribution in [0.2, 0.25) is 0 Å². The van der Waals surface area contributed by atoms with Crippen LogP contribution in [0.1, 0.15) is 27.9 Å². The van der Waals surface area contributed by atoms with Gasteiger partial charge in [0.05, 0.1) is 11.6 Å². The maximum Gasteiger partial charge on any atom is 0.253 e. The van der Waals surface area contributed by atoms with Gasteiger partial charge >= 0.3 is 0 Å². The number of hydrogen-bond donors (Lipinski definition) is 1. The molecule has 3 aromatic rings. The summed E-state index contributed by atoms with van der Waals surface area (Å²) in [6.45, 7) is 2.97. The van der Waals surface area contributed by atoms with Gasteiger partial charge in [0, 0.05) is 31.9 Å². The first-order chi connectivity index (χ1) is 13.1. The molecule has 2 amide bonds. The monoisotopic (exact) mass is 359 g/mol. The van der Waals surface area contributed by atoms with Gasteiger partial charge in [-0.1, -0.05) is 42.5 Å². The number of nitrogens with one attached hydrogen (secondary N) is 1. The van der Waals surface area contributed by atoms with Crippen molar-refractivity contribution >= 4 is 22.6 Å². The largest absolute Gasteiger partial charge is 0.347 e. The number of benzene rings is 2. The lowest BCUT2D eigenvalue weighted by molar-refractivity contribution is -0.128. The summed E-state index contributed by atoms with van der Waals surface area (Å²) in [6.07, 6.45) is 3.59. The summed E-state index contributed by atoms with van der Waals surface area (Å²) in [5.74, 6) is -0.119. The number of likely N-dealkylation sites (tertiary alicyclic amines) is 1. The Morgan fingerprint density at radius 3 is 2.85 bits per heavy atom. The highest BCUT2D eigenvalue weighted by molar-refractivity contribution is 5.95. The van der Waals surface area contributed by atoms with E-state index in [1.54, 1.807) is 18.5 Å². The topological polar surface area (TPSA) is 62.3 Å². The minimum atomic E-state index is -0.184. The lowest BCUT2D eigenvalue weighted by atomic mass is 10.0. The van der Waals surface area contributed by atoms with Crippen LogP contribution < -0.4 is 5.32 Å². The zero-order chi connectivity index (χ0) is 18.8. The quantitative estimate of drug-likeness (QED) is 0.779. The second-order valence-electron chi connectivity index (χ2n) is 7.04. The Kier molecular flexibility index (Phi) is 4.59. The molecule has 0 spiro atoms. The second-order valence-corrected chi connectivity index (χ2v) is 7.04. The summed E-state index contributed by atoms with van der Waals surface area (Å²) in [6, 6.07) is 15.9. The Balaban J connectivity index is 1.45. The summed E-state index contributed by atoms with van der Waals surface area (Å²) in [7, 11) is 0. The van der Waals surface area contributed by atoms with Crippen molar-refractivity contribution < 1.29 is 9.59 Å². The van der Waals surface area contributed by atoms with Crippen molar-refractivity contribution in [3.63, 3.8) is 0 Å². The van der Waals surface area contributed by atoms with Gasteiger partial charge in [-0.05, 0) is 34.9 Å². The average Bonchev–Trinajstić information content (AvgIpc) is 3.01. The van der Waals surface area contributed by atoms with E-state index in [0.29, 0.717) is 25.1 Å². The zero-order valence-corrected chi connectivity index (χ0v) is 15.2. The van der Waals surface area contributed by atoms with E-state index in [1.807, 2.05) is 30.0 Å². The molecule has 1 atom stereocenters. The number of carbonyl (C=O) groups is 2. The average molecular weight is 359 g/mol. The predicted octanol–water partition coefficient (Wildman–Crippen LogP) is 3.07. The van der Waals surface area contributed by atoms with Crippen LogP contribution >= 0.6 is 0 Å². The van der Waals surface area contributed by atoms with Crippen molar-refractivity contribution in [3.8, 4) is 0 Å². The molecule has 1 aliphatic heterocycles. The molecular weight excluding hydrogens is 338 g/mol. The highest BCUT2D eigenvalue weighted by Crippen LogP contribution is 2.22. The van der Waals surface area contributed by atoms with E-state index in [4.69, 9.17) is 0 Å². The lowest BCUT2D eigenvalue weighted by Gasteiger charge is -2.18. The third kappa shape index (κ3) is 3.67. The predicted molar refractivity (Wildman–Crippen MR) is 104 cm³/mol. The van der Waals surface area contributed by atoms with Gasteiger partial charge < -0.3 is 10.2 Å². The molecule has 1 fully saturated rings. The SMILES string of the molecule is Cc1cncc(C(=O)N[C@H]2CC(=O)N(Cc3cccc4ccccc34)C2)c1. The van der Waals surface area contributed by atoms with Gasteiger partial charge in [-0.3, -0.25) is 14.6 Å². The first-order valence-electron chi connectivity index (χ1n) is 9.07. The fourth-order valence-electron chi connectivity index (χ4n) is 3.61. The molecule has 27 heavy (non-hydrogen) atoms. The van der Waals surface area contributed by atoms with E-state index in [9.17, 15) is 9.59 Å². The van der Waals surface area contributed by atoms with Gasteiger partial charge in [0.2, 0.25) is 5.91 Å². The molecule has 0 bridgehead atoms. The van der Waals surface area contributed by atoms with Crippen molar-refractivity contribution in [2.45, 2.75) is 25.9 Å². The molecule has 5 heteroatoms. The molecule has 5 nitrogen and oxygen atoms in total. The molecule has 2 heterocycles. The minimum Gasteiger partial charge on any atom is -0.347 e. The molecule has 2 aromatic carbocycles. The Hall–Kier alpha value is -3.21. The van der Waals surface area contributed by atoms with Crippen molar-refractivity contribution in [2.24, 2.45) is 0 Å². The van der Waals surface area contributed by atoms with Gasteiger partial charge in [-0.25, -0.2) is 0 Å². The fraction of sp³-hybridized carbons (Fsp3) is 0.227. The summed E-state index contributed by atoms with van der Waals surface area (Å²) in [5.41, 5.74) is 2.58.